The molecule has 0 radical (unpaired) electrons. The summed E-state index contributed by atoms with van der Waals surface area (Å²) in [6.45, 7) is 4.12. The van der Waals surface area contributed by atoms with Gasteiger partial charge < -0.3 is 34.4 Å². The molecule has 8 nitrogen and oxygen atoms in total. The molecule has 5 aliphatic rings. The Morgan fingerprint density at radius 2 is 1.89 bits per heavy atom. The summed E-state index contributed by atoms with van der Waals surface area (Å²) in [5.74, 6) is 5.26. The van der Waals surface area contributed by atoms with Crippen LogP contribution in [0.3, 0.4) is 0 Å². The van der Waals surface area contributed by atoms with Gasteiger partial charge in [0, 0.05) is 11.0 Å². The van der Waals surface area contributed by atoms with Crippen LogP contribution in [0.2, 0.25) is 0 Å². The van der Waals surface area contributed by atoms with E-state index in [0.717, 1.165) is 44.3 Å². The topological polar surface area (TPSA) is 125 Å². The van der Waals surface area contributed by atoms with Crippen molar-refractivity contribution in [3.8, 4) is 12.3 Å². The molecule has 4 N–H and O–H groups in total. The van der Waals surface area contributed by atoms with Crippen LogP contribution in [0.15, 0.2) is 16.3 Å². The van der Waals surface area contributed by atoms with E-state index in [-0.39, 0.29) is 10.8 Å². The molecule has 1 unspecified atom stereocenters. The highest BCUT2D eigenvalue weighted by Gasteiger charge is 2.66. The van der Waals surface area contributed by atoms with E-state index in [1.807, 2.05) is 6.20 Å². The van der Waals surface area contributed by atoms with Crippen molar-refractivity contribution in [2.75, 3.05) is 6.61 Å². The zero-order valence-electron chi connectivity index (χ0n) is 21.0. The fourth-order valence-corrected chi connectivity index (χ4v) is 8.71. The molecule has 2 heterocycles. The Bertz CT molecular complexity index is 1090. The minimum absolute atomic E-state index is 0.0717. The number of aromatic nitrogens is 1. The SMILES string of the molecule is C#C[C@]1(O[C@H]2O[C@@H](CO)[C@H](O)[C@@H](O)[C@@H]2O)CC[C@H]2C3CCC4=Cc5oncc5C[C@]4(C)[C@H]3CC[C@@]21C. The van der Waals surface area contributed by atoms with Crippen molar-refractivity contribution >= 4 is 6.08 Å². The van der Waals surface area contributed by atoms with Crippen molar-refractivity contribution in [1.82, 2.24) is 5.16 Å². The molecule has 0 amide bonds. The molecule has 36 heavy (non-hydrogen) atoms. The first-order valence-electron chi connectivity index (χ1n) is 13.3. The first kappa shape index (κ1) is 24.6. The number of fused-ring (bicyclic) bond motifs is 6. The number of aliphatic hydroxyl groups is 4. The minimum Gasteiger partial charge on any atom is -0.394 e. The normalized spacial score (nSPS) is 49.8. The third-order valence-electron chi connectivity index (χ3n) is 10.8. The standard InChI is InChI=1S/C28H37NO7/c1-4-28(35-25-24(33)23(32)22(31)21(14-30)34-25)10-8-19-17-6-5-16-11-20-15(13-29-36-20)12-26(16,2)18(17)7-9-27(19,28)3/h1,11,13,17-19,21-25,30-33H,5-10,12,14H2,2-3H3/t17?,18-,19-,21-,22-,23+,24-,25+,26-,27-,28-/m0/s1. The van der Waals surface area contributed by atoms with Crippen molar-refractivity contribution in [2.45, 2.75) is 95.1 Å². The summed E-state index contributed by atoms with van der Waals surface area (Å²) in [7, 11) is 0. The first-order chi connectivity index (χ1) is 17.2. The molecule has 4 aliphatic carbocycles. The van der Waals surface area contributed by atoms with E-state index in [4.69, 9.17) is 20.4 Å². The minimum atomic E-state index is -1.49. The van der Waals surface area contributed by atoms with Gasteiger partial charge in [-0.15, -0.1) is 6.42 Å². The summed E-state index contributed by atoms with van der Waals surface area (Å²) in [5, 5.41) is 44.8. The summed E-state index contributed by atoms with van der Waals surface area (Å²) < 4.78 is 17.6. The second-order valence-electron chi connectivity index (χ2n) is 12.2. The van der Waals surface area contributed by atoms with Crippen molar-refractivity contribution in [3.05, 3.63) is 23.1 Å². The number of rotatable bonds is 3. The zero-order chi connectivity index (χ0) is 25.5. The van der Waals surface area contributed by atoms with Gasteiger partial charge in [-0.25, -0.2) is 0 Å². The molecule has 4 fully saturated rings. The maximum Gasteiger partial charge on any atom is 0.188 e. The van der Waals surface area contributed by atoms with Crippen LogP contribution in [0.1, 0.15) is 63.7 Å². The molecule has 11 atom stereocenters. The first-order valence-corrected chi connectivity index (χ1v) is 13.3. The highest BCUT2D eigenvalue weighted by atomic mass is 16.7. The molecule has 1 aliphatic heterocycles. The predicted molar refractivity (Wildman–Crippen MR) is 129 cm³/mol. The Hall–Kier alpha value is -1.73. The lowest BCUT2D eigenvalue weighted by molar-refractivity contribution is -0.331. The van der Waals surface area contributed by atoms with Crippen molar-refractivity contribution < 1.29 is 34.4 Å². The second kappa shape index (κ2) is 8.39. The third kappa shape index (κ3) is 3.20. The second-order valence-corrected chi connectivity index (χ2v) is 12.2. The quantitative estimate of drug-likeness (QED) is 0.466. The summed E-state index contributed by atoms with van der Waals surface area (Å²) in [5.41, 5.74) is 1.43. The molecule has 196 valence electrons. The maximum absolute atomic E-state index is 10.7. The van der Waals surface area contributed by atoms with Crippen LogP contribution in [-0.4, -0.2) is 68.5 Å². The Labute approximate surface area is 211 Å². The van der Waals surface area contributed by atoms with E-state index >= 15 is 0 Å². The number of ether oxygens (including phenoxy) is 2. The van der Waals surface area contributed by atoms with Crippen molar-refractivity contribution in [1.29, 1.82) is 0 Å². The molecule has 8 heteroatoms. The highest BCUT2D eigenvalue weighted by molar-refractivity contribution is 5.57. The van der Waals surface area contributed by atoms with Gasteiger partial charge in [-0.1, -0.05) is 30.5 Å². The molecule has 3 saturated carbocycles. The van der Waals surface area contributed by atoms with Crippen LogP contribution in [0, 0.1) is 40.9 Å². The molecule has 0 aromatic carbocycles. The molecule has 1 saturated heterocycles. The average molecular weight is 500 g/mol. The molecular weight excluding hydrogens is 462 g/mol. The lowest BCUT2D eigenvalue weighted by Gasteiger charge is -2.59. The van der Waals surface area contributed by atoms with Gasteiger partial charge >= 0.3 is 0 Å². The van der Waals surface area contributed by atoms with E-state index in [9.17, 15) is 20.4 Å². The molecule has 6 rings (SSSR count). The molecular formula is C28H37NO7. The van der Waals surface area contributed by atoms with Gasteiger partial charge in [0.2, 0.25) is 0 Å². The Morgan fingerprint density at radius 1 is 1.11 bits per heavy atom. The van der Waals surface area contributed by atoms with Gasteiger partial charge in [-0.2, -0.15) is 0 Å². The van der Waals surface area contributed by atoms with Gasteiger partial charge in [-0.3, -0.25) is 0 Å². The van der Waals surface area contributed by atoms with Gasteiger partial charge in [0.1, 0.15) is 30.0 Å². The molecule has 0 spiro atoms. The third-order valence-corrected chi connectivity index (χ3v) is 10.8. The van der Waals surface area contributed by atoms with E-state index in [1.54, 1.807) is 0 Å². The molecule has 0 bridgehead atoms. The number of hydrogen-bond donors (Lipinski definition) is 4. The number of nitrogens with zero attached hydrogens (tertiary/aromatic N) is 1. The average Bonchev–Trinajstić information content (AvgIpc) is 3.43. The lowest BCUT2D eigenvalue weighted by Crippen LogP contribution is -2.62. The Balaban J connectivity index is 1.28. The zero-order valence-corrected chi connectivity index (χ0v) is 21.0. The van der Waals surface area contributed by atoms with Gasteiger partial charge in [0.25, 0.3) is 0 Å². The fraction of sp³-hybridized carbons (Fsp3) is 0.750. The van der Waals surface area contributed by atoms with Crippen molar-refractivity contribution in [2.24, 2.45) is 28.6 Å². The van der Waals surface area contributed by atoms with Crippen LogP contribution >= 0.6 is 0 Å². The number of terminal acetylenes is 1. The van der Waals surface area contributed by atoms with E-state index in [1.165, 1.54) is 11.1 Å². The Morgan fingerprint density at radius 3 is 2.64 bits per heavy atom. The fourth-order valence-electron chi connectivity index (χ4n) is 8.71. The number of hydrogen-bond acceptors (Lipinski definition) is 8. The smallest absolute Gasteiger partial charge is 0.188 e. The van der Waals surface area contributed by atoms with Crippen molar-refractivity contribution in [3.63, 3.8) is 0 Å². The Kier molecular flexibility index (Phi) is 5.73. The summed E-state index contributed by atoms with van der Waals surface area (Å²) in [4.78, 5) is 0. The highest BCUT2D eigenvalue weighted by Crippen LogP contribution is 2.68. The van der Waals surface area contributed by atoms with Crippen LogP contribution in [0.4, 0.5) is 0 Å². The van der Waals surface area contributed by atoms with Crippen LogP contribution in [0.25, 0.3) is 6.08 Å². The number of allylic oxidation sites excluding steroid dienone is 1. The maximum atomic E-state index is 10.7. The van der Waals surface area contributed by atoms with E-state index in [2.05, 4.69) is 31.0 Å². The van der Waals surface area contributed by atoms with Crippen LogP contribution in [-0.2, 0) is 15.9 Å². The lowest BCUT2D eigenvalue weighted by atomic mass is 9.46. The van der Waals surface area contributed by atoms with E-state index < -0.39 is 42.9 Å². The number of aliphatic hydroxyl groups excluding tert-OH is 4. The predicted octanol–water partition coefficient (Wildman–Crippen LogP) is 2.05. The molecule has 1 aromatic heterocycles. The summed E-state index contributed by atoms with van der Waals surface area (Å²) in [6.07, 6.45) is 10.2. The largest absolute Gasteiger partial charge is 0.394 e. The van der Waals surface area contributed by atoms with Crippen LogP contribution < -0.4 is 0 Å². The molecule has 1 aromatic rings. The van der Waals surface area contributed by atoms with Crippen LogP contribution in [0.5, 0.6) is 0 Å². The van der Waals surface area contributed by atoms with Gasteiger partial charge in [0.15, 0.2) is 12.1 Å². The summed E-state index contributed by atoms with van der Waals surface area (Å²) in [6, 6.07) is 0. The van der Waals surface area contributed by atoms with E-state index in [0.29, 0.717) is 24.2 Å². The monoisotopic (exact) mass is 499 g/mol. The van der Waals surface area contributed by atoms with Gasteiger partial charge in [-0.05, 0) is 74.2 Å². The summed E-state index contributed by atoms with van der Waals surface area (Å²) >= 11 is 0. The van der Waals surface area contributed by atoms with Gasteiger partial charge in [0.05, 0.1) is 12.8 Å².